The zero-order chi connectivity index (χ0) is 19.2. The summed E-state index contributed by atoms with van der Waals surface area (Å²) < 4.78 is 0. The summed E-state index contributed by atoms with van der Waals surface area (Å²) >= 11 is 0. The number of benzene rings is 1. The number of amides is 2. The van der Waals surface area contributed by atoms with Gasteiger partial charge in [-0.2, -0.15) is 0 Å². The van der Waals surface area contributed by atoms with Gasteiger partial charge >= 0.3 is 0 Å². The minimum absolute atomic E-state index is 0.0309. The van der Waals surface area contributed by atoms with E-state index in [-0.39, 0.29) is 30.3 Å². The molecular weight excluding hydrogens is 344 g/mol. The normalized spacial score (nSPS) is 23.9. The molecule has 0 aliphatic carbocycles. The van der Waals surface area contributed by atoms with E-state index in [1.165, 1.54) is 0 Å². The topological polar surface area (TPSA) is 84.9 Å². The zero-order valence-electron chi connectivity index (χ0n) is 16.0. The third-order valence-corrected chi connectivity index (χ3v) is 5.49. The standard InChI is InChI=1S/C20H30N4O3/c1-15-2-4-18(5-3-15)22-19(26)16-12-17(14-21-13-16)20(27)24-8-6-23(7-9-24)10-11-25/h2-5,16-17,21,25H,6-14H2,1H3,(H,22,26)/t16-,17+/m1/s1. The van der Waals surface area contributed by atoms with Gasteiger partial charge in [-0.3, -0.25) is 14.5 Å². The monoisotopic (exact) mass is 374 g/mol. The molecule has 0 radical (unpaired) electrons. The maximum Gasteiger partial charge on any atom is 0.228 e. The van der Waals surface area contributed by atoms with Gasteiger partial charge in [-0.25, -0.2) is 0 Å². The molecule has 1 aromatic carbocycles. The molecule has 1 aromatic rings. The number of aliphatic hydroxyl groups is 1. The van der Waals surface area contributed by atoms with Crippen molar-refractivity contribution in [2.45, 2.75) is 13.3 Å². The van der Waals surface area contributed by atoms with E-state index >= 15 is 0 Å². The summed E-state index contributed by atoms with van der Waals surface area (Å²) in [6.07, 6.45) is 0.584. The van der Waals surface area contributed by atoms with Crippen molar-refractivity contribution >= 4 is 17.5 Å². The third-order valence-electron chi connectivity index (χ3n) is 5.49. The van der Waals surface area contributed by atoms with Crippen molar-refractivity contribution in [3.05, 3.63) is 29.8 Å². The lowest BCUT2D eigenvalue weighted by atomic mass is 9.88. The first-order chi connectivity index (χ1) is 13.1. The van der Waals surface area contributed by atoms with E-state index in [1.54, 1.807) is 0 Å². The minimum Gasteiger partial charge on any atom is -0.395 e. The average molecular weight is 374 g/mol. The molecule has 148 valence electrons. The van der Waals surface area contributed by atoms with Crippen LogP contribution in [0.2, 0.25) is 0 Å². The van der Waals surface area contributed by atoms with Crippen molar-refractivity contribution in [1.29, 1.82) is 0 Å². The number of anilines is 1. The van der Waals surface area contributed by atoms with E-state index < -0.39 is 0 Å². The highest BCUT2D eigenvalue weighted by atomic mass is 16.3. The molecular formula is C20H30N4O3. The number of carbonyl (C=O) groups is 2. The van der Waals surface area contributed by atoms with E-state index in [0.717, 1.165) is 24.3 Å². The van der Waals surface area contributed by atoms with E-state index in [9.17, 15) is 9.59 Å². The number of aryl methyl sites for hydroxylation is 1. The maximum atomic E-state index is 12.9. The predicted molar refractivity (Wildman–Crippen MR) is 104 cm³/mol. The molecule has 0 spiro atoms. The lowest BCUT2D eigenvalue weighted by Crippen LogP contribution is -2.54. The fraction of sp³-hybridized carbons (Fsp3) is 0.600. The van der Waals surface area contributed by atoms with Gasteiger partial charge in [0.2, 0.25) is 11.8 Å². The molecule has 2 saturated heterocycles. The first-order valence-corrected chi connectivity index (χ1v) is 9.77. The number of carbonyl (C=O) groups excluding carboxylic acids is 2. The highest BCUT2D eigenvalue weighted by molar-refractivity contribution is 5.93. The fourth-order valence-electron chi connectivity index (χ4n) is 3.80. The summed E-state index contributed by atoms with van der Waals surface area (Å²) in [5.74, 6) is -0.253. The number of hydrogen-bond acceptors (Lipinski definition) is 5. The first kappa shape index (κ1) is 19.8. The second-order valence-corrected chi connectivity index (χ2v) is 7.53. The van der Waals surface area contributed by atoms with Crippen LogP contribution in [0, 0.1) is 18.8 Å². The summed E-state index contributed by atoms with van der Waals surface area (Å²) in [6, 6.07) is 7.74. The van der Waals surface area contributed by atoms with Crippen LogP contribution in [0.15, 0.2) is 24.3 Å². The van der Waals surface area contributed by atoms with Gasteiger partial charge < -0.3 is 20.6 Å². The Bertz CT molecular complexity index is 641. The van der Waals surface area contributed by atoms with Gasteiger partial charge in [0, 0.05) is 51.5 Å². The second-order valence-electron chi connectivity index (χ2n) is 7.53. The minimum atomic E-state index is -0.204. The molecule has 7 heteroatoms. The molecule has 3 rings (SSSR count). The van der Waals surface area contributed by atoms with E-state index in [0.29, 0.717) is 39.1 Å². The largest absolute Gasteiger partial charge is 0.395 e. The van der Waals surface area contributed by atoms with E-state index in [4.69, 9.17) is 5.11 Å². The van der Waals surface area contributed by atoms with Crippen molar-refractivity contribution in [1.82, 2.24) is 15.1 Å². The molecule has 27 heavy (non-hydrogen) atoms. The summed E-state index contributed by atoms with van der Waals surface area (Å²) in [6.45, 7) is 7.03. The average Bonchev–Trinajstić information content (AvgIpc) is 2.70. The molecule has 0 saturated carbocycles. The van der Waals surface area contributed by atoms with Crippen molar-refractivity contribution < 1.29 is 14.7 Å². The van der Waals surface area contributed by atoms with Crippen LogP contribution < -0.4 is 10.6 Å². The predicted octanol–water partition coefficient (Wildman–Crippen LogP) is 0.296. The molecule has 2 aliphatic heterocycles. The molecule has 7 nitrogen and oxygen atoms in total. The number of rotatable bonds is 5. The van der Waals surface area contributed by atoms with Crippen molar-refractivity contribution in [2.75, 3.05) is 57.7 Å². The van der Waals surface area contributed by atoms with Gasteiger partial charge in [-0.05, 0) is 25.5 Å². The lowest BCUT2D eigenvalue weighted by molar-refractivity contribution is -0.138. The van der Waals surface area contributed by atoms with Crippen molar-refractivity contribution in [3.8, 4) is 0 Å². The highest BCUT2D eigenvalue weighted by Crippen LogP contribution is 2.21. The Labute approximate surface area is 160 Å². The van der Waals surface area contributed by atoms with Crippen LogP contribution in [-0.4, -0.2) is 79.1 Å². The molecule has 2 atom stereocenters. The Balaban J connectivity index is 1.52. The summed E-state index contributed by atoms with van der Waals surface area (Å²) in [4.78, 5) is 29.5. The number of aliphatic hydroxyl groups excluding tert-OH is 1. The SMILES string of the molecule is Cc1ccc(NC(=O)[C@H]2CNC[C@@H](C(=O)N3CCN(CCO)CC3)C2)cc1. The molecule has 0 aromatic heterocycles. The number of piperazine rings is 1. The lowest BCUT2D eigenvalue weighted by Gasteiger charge is -2.38. The smallest absolute Gasteiger partial charge is 0.228 e. The van der Waals surface area contributed by atoms with Gasteiger partial charge in [0.05, 0.1) is 18.4 Å². The quantitative estimate of drug-likeness (QED) is 0.690. The fourth-order valence-corrected chi connectivity index (χ4v) is 3.80. The molecule has 0 bridgehead atoms. The number of nitrogens with one attached hydrogen (secondary N) is 2. The Hall–Kier alpha value is -1.96. The van der Waals surface area contributed by atoms with Gasteiger partial charge in [-0.1, -0.05) is 17.7 Å². The second kappa shape index (κ2) is 9.30. The van der Waals surface area contributed by atoms with E-state index in [2.05, 4.69) is 15.5 Å². The molecule has 2 fully saturated rings. The van der Waals surface area contributed by atoms with Crippen LogP contribution in [0.25, 0.3) is 0 Å². The number of piperidine rings is 1. The number of nitrogens with zero attached hydrogens (tertiary/aromatic N) is 2. The number of β-amino-alcohol motifs (C(OH)–C–C–N with tert-alkyl or cyclic N) is 1. The molecule has 2 amide bonds. The molecule has 3 N–H and O–H groups in total. The van der Waals surface area contributed by atoms with Crippen LogP contribution in [0.3, 0.4) is 0 Å². The van der Waals surface area contributed by atoms with Crippen LogP contribution in [0.4, 0.5) is 5.69 Å². The van der Waals surface area contributed by atoms with Gasteiger partial charge in [0.1, 0.15) is 0 Å². The Kier molecular flexibility index (Phi) is 6.82. The van der Waals surface area contributed by atoms with Crippen molar-refractivity contribution in [3.63, 3.8) is 0 Å². The van der Waals surface area contributed by atoms with Crippen LogP contribution in [0.1, 0.15) is 12.0 Å². The van der Waals surface area contributed by atoms with Crippen LogP contribution >= 0.6 is 0 Å². The van der Waals surface area contributed by atoms with Crippen LogP contribution in [-0.2, 0) is 9.59 Å². The van der Waals surface area contributed by atoms with Crippen molar-refractivity contribution in [2.24, 2.45) is 11.8 Å². The summed E-state index contributed by atoms with van der Waals surface area (Å²) in [7, 11) is 0. The van der Waals surface area contributed by atoms with Gasteiger partial charge in [-0.15, -0.1) is 0 Å². The van der Waals surface area contributed by atoms with Crippen LogP contribution in [0.5, 0.6) is 0 Å². The first-order valence-electron chi connectivity index (χ1n) is 9.77. The zero-order valence-corrected chi connectivity index (χ0v) is 16.0. The Morgan fingerprint density at radius 3 is 2.44 bits per heavy atom. The highest BCUT2D eigenvalue weighted by Gasteiger charge is 2.34. The summed E-state index contributed by atoms with van der Waals surface area (Å²) in [5, 5.41) is 15.3. The van der Waals surface area contributed by atoms with E-state index in [1.807, 2.05) is 36.1 Å². The third kappa shape index (κ3) is 5.28. The number of hydrogen-bond donors (Lipinski definition) is 3. The maximum absolute atomic E-state index is 12.9. The molecule has 0 unspecified atom stereocenters. The Morgan fingerprint density at radius 2 is 1.78 bits per heavy atom. The van der Waals surface area contributed by atoms with Gasteiger partial charge in [0.25, 0.3) is 0 Å². The molecule has 2 heterocycles. The summed E-state index contributed by atoms with van der Waals surface area (Å²) in [5.41, 5.74) is 1.94. The molecule has 2 aliphatic rings. The van der Waals surface area contributed by atoms with Gasteiger partial charge in [0.15, 0.2) is 0 Å². The Morgan fingerprint density at radius 1 is 1.11 bits per heavy atom.